The number of aromatic nitrogens is 5. The van der Waals surface area contributed by atoms with Gasteiger partial charge in [0.05, 0.1) is 43.7 Å². The van der Waals surface area contributed by atoms with E-state index in [2.05, 4.69) is 33.2 Å². The van der Waals surface area contributed by atoms with Crippen LogP contribution in [0.4, 0.5) is 5.69 Å². The maximum Gasteiger partial charge on any atom is 0.307 e. The zero-order chi connectivity index (χ0) is 20.5. The van der Waals surface area contributed by atoms with Gasteiger partial charge in [-0.15, -0.1) is 0 Å². The molecule has 3 aromatic heterocycles. The number of hydrogen-bond acceptors (Lipinski definition) is 6. The summed E-state index contributed by atoms with van der Waals surface area (Å²) < 4.78 is 8.99. The first-order valence-electron chi connectivity index (χ1n) is 9.69. The van der Waals surface area contributed by atoms with Crippen molar-refractivity contribution in [1.29, 1.82) is 0 Å². The van der Waals surface area contributed by atoms with Gasteiger partial charge < -0.3 is 19.3 Å². The Morgan fingerprint density at radius 3 is 2.77 bits per heavy atom. The maximum absolute atomic E-state index is 10.9. The number of fused-ring (bicyclic) bond motifs is 1. The molecule has 1 aliphatic rings. The van der Waals surface area contributed by atoms with Crippen LogP contribution in [-0.4, -0.2) is 61.7 Å². The van der Waals surface area contributed by atoms with Crippen LogP contribution in [0.3, 0.4) is 0 Å². The molecule has 30 heavy (non-hydrogen) atoms. The van der Waals surface area contributed by atoms with E-state index >= 15 is 0 Å². The Balaban J connectivity index is 1.50. The summed E-state index contributed by atoms with van der Waals surface area (Å²) in [6, 6.07) is 8.04. The van der Waals surface area contributed by atoms with Crippen LogP contribution in [0.5, 0.6) is 0 Å². The van der Waals surface area contributed by atoms with E-state index < -0.39 is 5.97 Å². The average molecular weight is 404 g/mol. The third-order valence-corrected chi connectivity index (χ3v) is 5.13. The van der Waals surface area contributed by atoms with Crippen molar-refractivity contribution in [1.82, 2.24) is 24.3 Å². The molecule has 9 nitrogen and oxygen atoms in total. The molecule has 1 saturated heterocycles. The Hall–Kier alpha value is -3.72. The van der Waals surface area contributed by atoms with Gasteiger partial charge >= 0.3 is 5.97 Å². The lowest BCUT2D eigenvalue weighted by Gasteiger charge is -2.28. The van der Waals surface area contributed by atoms with Crippen molar-refractivity contribution in [2.75, 3.05) is 31.2 Å². The molecule has 0 radical (unpaired) electrons. The highest BCUT2D eigenvalue weighted by molar-refractivity contribution is 5.83. The summed E-state index contributed by atoms with van der Waals surface area (Å²) in [5.41, 5.74) is 2.78. The topological polar surface area (TPSA) is 98.3 Å². The molecular formula is C21H20N6O3. The van der Waals surface area contributed by atoms with E-state index in [1.807, 2.05) is 6.20 Å². The first-order valence-corrected chi connectivity index (χ1v) is 9.69. The first-order chi connectivity index (χ1) is 14.7. The van der Waals surface area contributed by atoms with Crippen LogP contribution >= 0.6 is 0 Å². The Morgan fingerprint density at radius 1 is 1.10 bits per heavy atom. The maximum atomic E-state index is 10.9. The quantitative estimate of drug-likeness (QED) is 0.544. The molecule has 0 saturated carbocycles. The highest BCUT2D eigenvalue weighted by atomic mass is 16.5. The number of carboxylic acids is 1. The van der Waals surface area contributed by atoms with Crippen LogP contribution < -0.4 is 4.90 Å². The van der Waals surface area contributed by atoms with Gasteiger partial charge in [0.2, 0.25) is 0 Å². The van der Waals surface area contributed by atoms with Crippen molar-refractivity contribution in [2.45, 2.75) is 6.42 Å². The lowest BCUT2D eigenvalue weighted by atomic mass is 10.2. The van der Waals surface area contributed by atoms with Crippen LogP contribution in [0.1, 0.15) is 5.56 Å². The van der Waals surface area contributed by atoms with Gasteiger partial charge in [-0.1, -0.05) is 0 Å². The predicted octanol–water partition coefficient (Wildman–Crippen LogP) is 2.07. The van der Waals surface area contributed by atoms with E-state index in [1.165, 1.54) is 0 Å². The van der Waals surface area contributed by atoms with Crippen molar-refractivity contribution >= 4 is 22.6 Å². The number of carboxylic acid groups (broad SMARTS) is 1. The molecule has 4 aromatic rings. The molecule has 1 aliphatic heterocycles. The molecule has 0 amide bonds. The number of hydrogen-bond donors (Lipinski definition) is 1. The van der Waals surface area contributed by atoms with E-state index in [-0.39, 0.29) is 6.42 Å². The van der Waals surface area contributed by atoms with Crippen molar-refractivity contribution in [3.05, 3.63) is 60.8 Å². The summed E-state index contributed by atoms with van der Waals surface area (Å²) in [5.74, 6) is 0.318. The molecule has 0 atom stereocenters. The standard InChI is InChI=1S/C21H20N6O3/c28-21(29)9-15-3-4-26(14-15)19-12-22-13-20(24-19)27-18-10-17(2-1-16(18)11-23-27)25-5-7-30-8-6-25/h1-4,10-14H,5-9H2,(H,28,29). The summed E-state index contributed by atoms with van der Waals surface area (Å²) in [7, 11) is 0. The van der Waals surface area contributed by atoms with Gasteiger partial charge in [0.25, 0.3) is 0 Å². The smallest absolute Gasteiger partial charge is 0.307 e. The molecule has 152 valence electrons. The number of benzene rings is 1. The zero-order valence-corrected chi connectivity index (χ0v) is 16.2. The summed E-state index contributed by atoms with van der Waals surface area (Å²) in [6.07, 6.45) is 8.61. The van der Waals surface area contributed by atoms with E-state index in [0.29, 0.717) is 17.2 Å². The average Bonchev–Trinajstić information content (AvgIpc) is 3.40. The van der Waals surface area contributed by atoms with Crippen LogP contribution in [-0.2, 0) is 16.0 Å². The minimum Gasteiger partial charge on any atom is -0.481 e. The van der Waals surface area contributed by atoms with Gasteiger partial charge in [0, 0.05) is 36.6 Å². The number of morpholine rings is 1. The number of anilines is 1. The summed E-state index contributed by atoms with van der Waals surface area (Å²) in [6.45, 7) is 3.18. The SMILES string of the molecule is O=C(O)Cc1ccn(-c2cncc(-n3ncc4ccc(N5CCOCC5)cc43)n2)c1. The number of nitrogens with zero attached hydrogens (tertiary/aromatic N) is 6. The highest BCUT2D eigenvalue weighted by Crippen LogP contribution is 2.24. The van der Waals surface area contributed by atoms with Crippen molar-refractivity contribution in [3.8, 4) is 11.6 Å². The molecule has 0 aliphatic carbocycles. The van der Waals surface area contributed by atoms with Gasteiger partial charge in [0.1, 0.15) is 0 Å². The van der Waals surface area contributed by atoms with Crippen LogP contribution in [0.2, 0.25) is 0 Å². The second-order valence-electron chi connectivity index (χ2n) is 7.13. The third-order valence-electron chi connectivity index (χ3n) is 5.13. The zero-order valence-electron chi connectivity index (χ0n) is 16.2. The predicted molar refractivity (Wildman–Crippen MR) is 110 cm³/mol. The van der Waals surface area contributed by atoms with Crippen LogP contribution in [0, 0.1) is 0 Å². The lowest BCUT2D eigenvalue weighted by molar-refractivity contribution is -0.136. The Kier molecular flexibility index (Phi) is 4.64. The van der Waals surface area contributed by atoms with Gasteiger partial charge in [-0.25, -0.2) is 9.67 Å². The summed E-state index contributed by atoms with van der Waals surface area (Å²) in [4.78, 5) is 22.2. The second-order valence-corrected chi connectivity index (χ2v) is 7.13. The van der Waals surface area contributed by atoms with Gasteiger partial charge in [-0.2, -0.15) is 5.10 Å². The van der Waals surface area contributed by atoms with E-state index in [4.69, 9.17) is 14.8 Å². The number of aliphatic carboxylic acids is 1. The molecule has 9 heteroatoms. The van der Waals surface area contributed by atoms with E-state index in [1.54, 1.807) is 40.1 Å². The molecule has 0 spiro atoms. The Labute approximate surface area is 172 Å². The van der Waals surface area contributed by atoms with Crippen molar-refractivity contribution < 1.29 is 14.6 Å². The fourth-order valence-corrected chi connectivity index (χ4v) is 3.64. The van der Waals surface area contributed by atoms with Gasteiger partial charge in [-0.05, 0) is 29.8 Å². The summed E-state index contributed by atoms with van der Waals surface area (Å²) >= 11 is 0. The molecular weight excluding hydrogens is 384 g/mol. The number of carbonyl (C=O) groups is 1. The number of rotatable bonds is 5. The fourth-order valence-electron chi connectivity index (χ4n) is 3.64. The number of ether oxygens (including phenoxy) is 1. The fraction of sp³-hybridized carbons (Fsp3) is 0.238. The highest BCUT2D eigenvalue weighted by Gasteiger charge is 2.14. The third kappa shape index (κ3) is 3.50. The minimum atomic E-state index is -0.869. The molecule has 4 heterocycles. The normalized spacial score (nSPS) is 14.3. The van der Waals surface area contributed by atoms with E-state index in [9.17, 15) is 4.79 Å². The Bertz CT molecular complexity index is 1210. The Morgan fingerprint density at radius 2 is 1.93 bits per heavy atom. The van der Waals surface area contributed by atoms with Crippen LogP contribution in [0.15, 0.2) is 55.2 Å². The molecule has 1 aromatic carbocycles. The first kappa shape index (κ1) is 18.3. The van der Waals surface area contributed by atoms with Gasteiger partial charge in [-0.3, -0.25) is 9.78 Å². The van der Waals surface area contributed by atoms with Crippen molar-refractivity contribution in [2.24, 2.45) is 0 Å². The van der Waals surface area contributed by atoms with E-state index in [0.717, 1.165) is 42.9 Å². The van der Waals surface area contributed by atoms with Gasteiger partial charge in [0.15, 0.2) is 11.6 Å². The largest absolute Gasteiger partial charge is 0.481 e. The van der Waals surface area contributed by atoms with Crippen molar-refractivity contribution in [3.63, 3.8) is 0 Å². The monoisotopic (exact) mass is 404 g/mol. The summed E-state index contributed by atoms with van der Waals surface area (Å²) in [5, 5.41) is 14.5. The second kappa shape index (κ2) is 7.60. The molecule has 5 rings (SSSR count). The minimum absolute atomic E-state index is 0.0335. The lowest BCUT2D eigenvalue weighted by Crippen LogP contribution is -2.36. The molecule has 0 unspecified atom stereocenters. The molecule has 1 fully saturated rings. The molecule has 0 bridgehead atoms. The van der Waals surface area contributed by atoms with Crippen LogP contribution in [0.25, 0.3) is 22.5 Å². The molecule has 1 N–H and O–H groups in total.